The van der Waals surface area contributed by atoms with Crippen LogP contribution in [-0.4, -0.2) is 18.6 Å². The zero-order chi connectivity index (χ0) is 17.0. The van der Waals surface area contributed by atoms with Crippen molar-refractivity contribution in [1.82, 2.24) is 0 Å². The molecule has 0 N–H and O–H groups in total. The molecule has 1 aliphatic heterocycles. The summed E-state index contributed by atoms with van der Waals surface area (Å²) in [7, 11) is -0.363. The summed E-state index contributed by atoms with van der Waals surface area (Å²) in [5.74, 6) is 0.0819. The Balaban J connectivity index is 2.03. The first-order valence-electron chi connectivity index (χ1n) is 8.83. The Bertz CT molecular complexity index is 677. The normalized spacial score (nSPS) is 20.7. The van der Waals surface area contributed by atoms with Crippen molar-refractivity contribution in [2.24, 2.45) is 0 Å². The fourth-order valence-corrected chi connectivity index (χ4v) is 3.36. The number of hydrogen-bond donors (Lipinski definition) is 0. The Morgan fingerprint density at radius 1 is 1.00 bits per heavy atom. The minimum absolute atomic E-state index is 0.0819. The SMILES string of the molecule is CCCCC1(CC)OB(c2ccccc2)N(c2ccccc2)C1=O. The molecule has 2 aromatic carbocycles. The third-order valence-corrected chi connectivity index (χ3v) is 4.80. The average molecular weight is 321 g/mol. The Labute approximate surface area is 144 Å². The molecular formula is C20H24BNO2. The summed E-state index contributed by atoms with van der Waals surface area (Å²) in [6.07, 6.45) is 3.51. The van der Waals surface area contributed by atoms with Crippen LogP contribution >= 0.6 is 0 Å². The topological polar surface area (TPSA) is 29.5 Å². The monoisotopic (exact) mass is 321 g/mol. The molecule has 0 radical (unpaired) electrons. The summed E-state index contributed by atoms with van der Waals surface area (Å²) in [5, 5.41) is 0. The molecule has 0 aliphatic carbocycles. The molecule has 1 atom stereocenters. The molecule has 0 saturated carbocycles. The van der Waals surface area contributed by atoms with E-state index < -0.39 is 5.60 Å². The van der Waals surface area contributed by atoms with E-state index in [9.17, 15) is 4.79 Å². The van der Waals surface area contributed by atoms with Crippen LogP contribution in [0.2, 0.25) is 0 Å². The van der Waals surface area contributed by atoms with Gasteiger partial charge < -0.3 is 9.47 Å². The number of nitrogens with zero attached hydrogens (tertiary/aromatic N) is 1. The van der Waals surface area contributed by atoms with E-state index in [1.807, 2.05) is 72.4 Å². The van der Waals surface area contributed by atoms with Crippen molar-refractivity contribution in [2.45, 2.75) is 45.1 Å². The minimum Gasteiger partial charge on any atom is -0.398 e. The lowest BCUT2D eigenvalue weighted by atomic mass is 9.72. The van der Waals surface area contributed by atoms with Crippen LogP contribution in [0.4, 0.5) is 5.69 Å². The summed E-state index contributed by atoms with van der Waals surface area (Å²) < 4.78 is 6.44. The maximum Gasteiger partial charge on any atom is 0.459 e. The highest BCUT2D eigenvalue weighted by Gasteiger charge is 2.54. The minimum atomic E-state index is -0.716. The maximum absolute atomic E-state index is 13.3. The Hall–Kier alpha value is -2.07. The first-order valence-corrected chi connectivity index (χ1v) is 8.83. The highest BCUT2D eigenvalue weighted by atomic mass is 16.5. The maximum atomic E-state index is 13.3. The van der Waals surface area contributed by atoms with E-state index in [1.54, 1.807) is 0 Å². The molecule has 0 bridgehead atoms. The molecule has 1 saturated heterocycles. The van der Waals surface area contributed by atoms with Crippen molar-refractivity contribution in [2.75, 3.05) is 4.81 Å². The Morgan fingerprint density at radius 3 is 2.21 bits per heavy atom. The van der Waals surface area contributed by atoms with Crippen LogP contribution in [0.3, 0.4) is 0 Å². The second-order valence-corrected chi connectivity index (χ2v) is 6.34. The zero-order valence-electron chi connectivity index (χ0n) is 14.4. The molecular weight excluding hydrogens is 297 g/mol. The van der Waals surface area contributed by atoms with Crippen LogP contribution in [0.15, 0.2) is 60.7 Å². The van der Waals surface area contributed by atoms with Crippen molar-refractivity contribution in [1.29, 1.82) is 0 Å². The molecule has 0 aromatic heterocycles. The van der Waals surface area contributed by atoms with Gasteiger partial charge in [0.25, 0.3) is 0 Å². The van der Waals surface area contributed by atoms with E-state index in [0.717, 1.165) is 30.4 Å². The number of anilines is 1. The van der Waals surface area contributed by atoms with Gasteiger partial charge in [-0.25, -0.2) is 0 Å². The van der Waals surface area contributed by atoms with Gasteiger partial charge in [-0.3, -0.25) is 4.79 Å². The fraction of sp³-hybridized carbons (Fsp3) is 0.350. The van der Waals surface area contributed by atoms with Crippen LogP contribution in [0, 0.1) is 0 Å². The van der Waals surface area contributed by atoms with Gasteiger partial charge in [0.05, 0.1) is 0 Å². The smallest absolute Gasteiger partial charge is 0.398 e. The molecule has 3 nitrogen and oxygen atoms in total. The number of amides is 1. The van der Waals surface area contributed by atoms with Crippen molar-refractivity contribution in [3.8, 4) is 0 Å². The van der Waals surface area contributed by atoms with Crippen LogP contribution in [0.5, 0.6) is 0 Å². The van der Waals surface area contributed by atoms with E-state index in [1.165, 1.54) is 0 Å². The zero-order valence-corrected chi connectivity index (χ0v) is 14.4. The standard InChI is InChI=1S/C20H24BNO2/c1-3-5-16-20(4-2)19(23)22(18-14-10-7-11-15-18)21(24-20)17-12-8-6-9-13-17/h6-15H,3-5,16H2,1-2H3. The Morgan fingerprint density at radius 2 is 1.62 bits per heavy atom. The van der Waals surface area contributed by atoms with E-state index >= 15 is 0 Å². The number of benzene rings is 2. The first kappa shape index (κ1) is 16.8. The highest BCUT2D eigenvalue weighted by molar-refractivity contribution is 6.77. The van der Waals surface area contributed by atoms with Gasteiger partial charge in [0.1, 0.15) is 5.60 Å². The summed E-state index contributed by atoms with van der Waals surface area (Å²) in [4.78, 5) is 15.2. The molecule has 24 heavy (non-hydrogen) atoms. The molecule has 1 amide bonds. The van der Waals surface area contributed by atoms with Crippen LogP contribution in [0.1, 0.15) is 39.5 Å². The molecule has 2 aromatic rings. The summed E-state index contributed by atoms with van der Waals surface area (Å²) in [5.41, 5.74) is 1.19. The van der Waals surface area contributed by atoms with Crippen molar-refractivity contribution in [3.63, 3.8) is 0 Å². The predicted octanol–water partition coefficient (Wildman–Crippen LogP) is 3.78. The molecule has 1 unspecified atom stereocenters. The number of carbonyl (C=O) groups excluding carboxylic acids is 1. The van der Waals surface area contributed by atoms with Crippen LogP contribution < -0.4 is 10.3 Å². The van der Waals surface area contributed by atoms with Gasteiger partial charge in [0.2, 0.25) is 5.91 Å². The molecule has 3 rings (SSSR count). The lowest BCUT2D eigenvalue weighted by molar-refractivity contribution is -0.130. The third kappa shape index (κ3) is 2.98. The largest absolute Gasteiger partial charge is 0.459 e. The van der Waals surface area contributed by atoms with E-state index in [2.05, 4.69) is 6.92 Å². The molecule has 1 heterocycles. The van der Waals surface area contributed by atoms with E-state index in [0.29, 0.717) is 6.42 Å². The second kappa shape index (κ2) is 7.22. The summed E-state index contributed by atoms with van der Waals surface area (Å²) in [6.45, 7) is 4.19. The molecule has 124 valence electrons. The van der Waals surface area contributed by atoms with Gasteiger partial charge >= 0.3 is 7.05 Å². The van der Waals surface area contributed by atoms with E-state index in [-0.39, 0.29) is 13.0 Å². The first-order chi connectivity index (χ1) is 11.7. The van der Waals surface area contributed by atoms with E-state index in [4.69, 9.17) is 4.65 Å². The lowest BCUT2D eigenvalue weighted by Gasteiger charge is -2.26. The highest BCUT2D eigenvalue weighted by Crippen LogP contribution is 2.36. The second-order valence-electron chi connectivity index (χ2n) is 6.34. The average Bonchev–Trinajstić information content (AvgIpc) is 2.94. The van der Waals surface area contributed by atoms with Gasteiger partial charge in [0, 0.05) is 5.69 Å². The van der Waals surface area contributed by atoms with Crippen molar-refractivity contribution >= 4 is 24.1 Å². The van der Waals surface area contributed by atoms with Crippen LogP contribution in [0.25, 0.3) is 0 Å². The summed E-state index contributed by atoms with van der Waals surface area (Å²) >= 11 is 0. The number of unbranched alkanes of at least 4 members (excludes halogenated alkanes) is 1. The van der Waals surface area contributed by atoms with Gasteiger partial charge in [-0.05, 0) is 30.4 Å². The van der Waals surface area contributed by atoms with Crippen molar-refractivity contribution in [3.05, 3.63) is 60.7 Å². The van der Waals surface area contributed by atoms with Crippen LogP contribution in [-0.2, 0) is 9.45 Å². The molecule has 4 heteroatoms. The van der Waals surface area contributed by atoms with Crippen molar-refractivity contribution < 1.29 is 9.45 Å². The summed E-state index contributed by atoms with van der Waals surface area (Å²) in [6, 6.07) is 19.9. The Kier molecular flexibility index (Phi) is 5.05. The predicted molar refractivity (Wildman–Crippen MR) is 99.4 cm³/mol. The van der Waals surface area contributed by atoms with Gasteiger partial charge in [-0.15, -0.1) is 0 Å². The molecule has 0 spiro atoms. The number of rotatable bonds is 6. The van der Waals surface area contributed by atoms with Gasteiger partial charge in [0.15, 0.2) is 0 Å². The number of para-hydroxylation sites is 1. The fourth-order valence-electron chi connectivity index (χ4n) is 3.36. The lowest BCUT2D eigenvalue weighted by Crippen LogP contribution is -2.47. The molecule has 1 aliphatic rings. The molecule has 1 fully saturated rings. The van der Waals surface area contributed by atoms with Gasteiger partial charge in [-0.1, -0.05) is 75.2 Å². The quantitative estimate of drug-likeness (QED) is 0.758. The number of hydrogen-bond acceptors (Lipinski definition) is 2. The number of carbonyl (C=O) groups is 1. The van der Waals surface area contributed by atoms with Gasteiger partial charge in [-0.2, -0.15) is 0 Å². The third-order valence-electron chi connectivity index (χ3n) is 4.80.